The number of halogens is 1. The molecule has 0 spiro atoms. The molecule has 3 rings (SSSR count). The van der Waals surface area contributed by atoms with Gasteiger partial charge in [-0.15, -0.1) is 0 Å². The highest BCUT2D eigenvalue weighted by atomic mass is 19.1. The van der Waals surface area contributed by atoms with Crippen molar-refractivity contribution in [1.29, 1.82) is 0 Å². The van der Waals surface area contributed by atoms with Gasteiger partial charge in [-0.25, -0.2) is 4.39 Å². The number of hydrogen-bond donors (Lipinski definition) is 0. The molecule has 2 aromatic rings. The number of nitrogens with zero attached hydrogens (tertiary/aromatic N) is 2. The van der Waals surface area contributed by atoms with Gasteiger partial charge in [0, 0.05) is 38.7 Å². The first kappa shape index (κ1) is 19.8. The molecular weight excluding hydrogens is 355 g/mol. The van der Waals surface area contributed by atoms with Crippen LogP contribution in [0.4, 0.5) is 4.39 Å². The van der Waals surface area contributed by atoms with Gasteiger partial charge >= 0.3 is 0 Å². The van der Waals surface area contributed by atoms with E-state index in [9.17, 15) is 14.0 Å². The molecule has 5 heteroatoms. The first-order valence-electron chi connectivity index (χ1n) is 9.58. The summed E-state index contributed by atoms with van der Waals surface area (Å²) in [6.07, 6.45) is 2.54. The summed E-state index contributed by atoms with van der Waals surface area (Å²) in [5, 5.41) is 0. The van der Waals surface area contributed by atoms with Gasteiger partial charge in [0.1, 0.15) is 5.82 Å². The maximum absolute atomic E-state index is 13.2. The number of hydrogen-bond acceptors (Lipinski definition) is 2. The molecule has 0 radical (unpaired) electrons. The topological polar surface area (TPSA) is 40.6 Å². The van der Waals surface area contributed by atoms with Crippen LogP contribution >= 0.6 is 0 Å². The summed E-state index contributed by atoms with van der Waals surface area (Å²) in [7, 11) is 0. The summed E-state index contributed by atoms with van der Waals surface area (Å²) < 4.78 is 13.2. The van der Waals surface area contributed by atoms with Gasteiger partial charge in [-0.3, -0.25) is 9.59 Å². The Balaban J connectivity index is 1.48. The van der Waals surface area contributed by atoms with E-state index in [2.05, 4.69) is 0 Å². The van der Waals surface area contributed by atoms with Gasteiger partial charge in [-0.1, -0.05) is 42.5 Å². The summed E-state index contributed by atoms with van der Waals surface area (Å²) in [6.45, 7) is 4.06. The van der Waals surface area contributed by atoms with Crippen molar-refractivity contribution in [1.82, 2.24) is 9.80 Å². The molecule has 0 aliphatic carbocycles. The molecular formula is C23H25FN2O2. The highest BCUT2D eigenvalue weighted by molar-refractivity contribution is 5.95. The Morgan fingerprint density at radius 1 is 0.964 bits per heavy atom. The molecule has 0 atom stereocenters. The second-order valence-electron chi connectivity index (χ2n) is 7.03. The molecule has 0 saturated carbocycles. The van der Waals surface area contributed by atoms with Crippen molar-refractivity contribution in [3.8, 4) is 0 Å². The van der Waals surface area contributed by atoms with Crippen molar-refractivity contribution in [3.63, 3.8) is 0 Å². The van der Waals surface area contributed by atoms with E-state index in [1.54, 1.807) is 21.9 Å². The molecule has 0 unspecified atom stereocenters. The van der Waals surface area contributed by atoms with E-state index >= 15 is 0 Å². The SMILES string of the molecule is C/C(=C\C(=O)N1CCN(C(=O)CCc2cccc(F)c2)CC1)c1ccccc1. The van der Waals surface area contributed by atoms with E-state index in [1.807, 2.05) is 43.3 Å². The third kappa shape index (κ3) is 5.28. The Bertz CT molecular complexity index is 856. The number of rotatable bonds is 5. The Hall–Kier alpha value is -2.95. The van der Waals surface area contributed by atoms with Crippen LogP contribution in [0.1, 0.15) is 24.5 Å². The van der Waals surface area contributed by atoms with Crippen molar-refractivity contribution in [2.24, 2.45) is 0 Å². The van der Waals surface area contributed by atoms with Gasteiger partial charge in [0.2, 0.25) is 11.8 Å². The lowest BCUT2D eigenvalue weighted by molar-refractivity contribution is -0.137. The zero-order chi connectivity index (χ0) is 19.9. The Kier molecular flexibility index (Phi) is 6.58. The minimum absolute atomic E-state index is 0.0202. The van der Waals surface area contributed by atoms with Crippen LogP contribution < -0.4 is 0 Å². The Labute approximate surface area is 165 Å². The maximum Gasteiger partial charge on any atom is 0.246 e. The minimum Gasteiger partial charge on any atom is -0.339 e. The summed E-state index contributed by atoms with van der Waals surface area (Å²) in [5.74, 6) is -0.253. The number of benzene rings is 2. The highest BCUT2D eigenvalue weighted by Gasteiger charge is 2.23. The van der Waals surface area contributed by atoms with Crippen molar-refractivity contribution in [3.05, 3.63) is 77.6 Å². The fourth-order valence-electron chi connectivity index (χ4n) is 3.34. The monoisotopic (exact) mass is 380 g/mol. The van der Waals surface area contributed by atoms with E-state index in [0.29, 0.717) is 39.0 Å². The molecule has 1 heterocycles. The molecule has 0 N–H and O–H groups in total. The number of carbonyl (C=O) groups excluding carboxylic acids is 2. The lowest BCUT2D eigenvalue weighted by atomic mass is 10.1. The Morgan fingerprint density at radius 2 is 1.64 bits per heavy atom. The van der Waals surface area contributed by atoms with Crippen LogP contribution in [0.15, 0.2) is 60.7 Å². The van der Waals surface area contributed by atoms with E-state index in [1.165, 1.54) is 12.1 Å². The zero-order valence-electron chi connectivity index (χ0n) is 16.1. The fraction of sp³-hybridized carbons (Fsp3) is 0.304. The summed E-state index contributed by atoms with van der Waals surface area (Å²) in [5.41, 5.74) is 2.78. The molecule has 1 aliphatic heterocycles. The Morgan fingerprint density at radius 3 is 2.32 bits per heavy atom. The van der Waals surface area contributed by atoms with Crippen LogP contribution in [0.2, 0.25) is 0 Å². The van der Waals surface area contributed by atoms with Crippen LogP contribution in [-0.4, -0.2) is 47.8 Å². The third-order valence-corrected chi connectivity index (χ3v) is 5.03. The second kappa shape index (κ2) is 9.31. The molecule has 1 aliphatic rings. The number of aryl methyl sites for hydroxylation is 1. The summed E-state index contributed by atoms with van der Waals surface area (Å²) in [6, 6.07) is 16.2. The first-order chi connectivity index (χ1) is 13.5. The second-order valence-corrected chi connectivity index (χ2v) is 7.03. The normalized spacial score (nSPS) is 14.9. The standard InChI is InChI=1S/C23H25FN2O2/c1-18(20-7-3-2-4-8-20)16-23(28)26-14-12-25(13-15-26)22(27)11-10-19-6-5-9-21(24)17-19/h2-9,16-17H,10-15H2,1H3/b18-16+. The van der Waals surface area contributed by atoms with E-state index in [-0.39, 0.29) is 17.6 Å². The molecule has 28 heavy (non-hydrogen) atoms. The average molecular weight is 380 g/mol. The van der Waals surface area contributed by atoms with Crippen LogP contribution in [0.25, 0.3) is 5.57 Å². The van der Waals surface area contributed by atoms with Crippen molar-refractivity contribution in [2.75, 3.05) is 26.2 Å². The average Bonchev–Trinajstić information content (AvgIpc) is 2.72. The van der Waals surface area contributed by atoms with Crippen LogP contribution in [-0.2, 0) is 16.0 Å². The lowest BCUT2D eigenvalue weighted by Gasteiger charge is -2.34. The van der Waals surface area contributed by atoms with Crippen LogP contribution in [0, 0.1) is 5.82 Å². The maximum atomic E-state index is 13.2. The zero-order valence-corrected chi connectivity index (χ0v) is 16.1. The van der Waals surface area contributed by atoms with Crippen molar-refractivity contribution >= 4 is 17.4 Å². The molecule has 146 valence electrons. The van der Waals surface area contributed by atoms with Crippen molar-refractivity contribution < 1.29 is 14.0 Å². The van der Waals surface area contributed by atoms with Crippen LogP contribution in [0.3, 0.4) is 0 Å². The van der Waals surface area contributed by atoms with E-state index in [4.69, 9.17) is 0 Å². The smallest absolute Gasteiger partial charge is 0.246 e. The number of amides is 2. The van der Waals surface area contributed by atoms with Gasteiger partial charge in [0.25, 0.3) is 0 Å². The number of carbonyl (C=O) groups is 2. The predicted octanol–water partition coefficient (Wildman–Crippen LogP) is 3.53. The molecule has 4 nitrogen and oxygen atoms in total. The molecule has 0 bridgehead atoms. The molecule has 2 amide bonds. The van der Waals surface area contributed by atoms with Crippen LogP contribution in [0.5, 0.6) is 0 Å². The highest BCUT2D eigenvalue weighted by Crippen LogP contribution is 2.14. The van der Waals surface area contributed by atoms with Gasteiger partial charge in [-0.2, -0.15) is 0 Å². The quantitative estimate of drug-likeness (QED) is 0.745. The fourth-order valence-corrected chi connectivity index (χ4v) is 3.34. The van der Waals surface area contributed by atoms with E-state index in [0.717, 1.165) is 16.7 Å². The summed E-state index contributed by atoms with van der Waals surface area (Å²) >= 11 is 0. The number of allylic oxidation sites excluding steroid dienone is 1. The van der Waals surface area contributed by atoms with Gasteiger partial charge < -0.3 is 9.80 Å². The van der Waals surface area contributed by atoms with Gasteiger partial charge in [0.15, 0.2) is 0 Å². The minimum atomic E-state index is -0.282. The molecule has 1 saturated heterocycles. The molecule has 2 aromatic carbocycles. The third-order valence-electron chi connectivity index (χ3n) is 5.03. The lowest BCUT2D eigenvalue weighted by Crippen LogP contribution is -2.50. The van der Waals surface area contributed by atoms with E-state index < -0.39 is 0 Å². The molecule has 0 aromatic heterocycles. The molecule has 1 fully saturated rings. The summed E-state index contributed by atoms with van der Waals surface area (Å²) in [4.78, 5) is 28.5. The predicted molar refractivity (Wildman–Crippen MR) is 108 cm³/mol. The van der Waals surface area contributed by atoms with Gasteiger partial charge in [0.05, 0.1) is 0 Å². The largest absolute Gasteiger partial charge is 0.339 e. The van der Waals surface area contributed by atoms with Gasteiger partial charge in [-0.05, 0) is 42.2 Å². The van der Waals surface area contributed by atoms with Crippen molar-refractivity contribution in [2.45, 2.75) is 19.8 Å². The first-order valence-corrected chi connectivity index (χ1v) is 9.58. The number of piperazine rings is 1.